The summed E-state index contributed by atoms with van der Waals surface area (Å²) in [7, 11) is 0. The third kappa shape index (κ3) is 4.41. The molecule has 0 saturated carbocycles. The van der Waals surface area contributed by atoms with Crippen LogP contribution in [-0.2, 0) is 9.59 Å². The molecule has 1 unspecified atom stereocenters. The van der Waals surface area contributed by atoms with Crippen LogP contribution in [0, 0.1) is 0 Å². The fourth-order valence-electron chi connectivity index (χ4n) is 3.08. The number of hydrogen-bond donors (Lipinski definition) is 2. The van der Waals surface area contributed by atoms with Gasteiger partial charge in [0.25, 0.3) is 0 Å². The van der Waals surface area contributed by atoms with Crippen molar-refractivity contribution in [1.82, 2.24) is 25.5 Å². The van der Waals surface area contributed by atoms with E-state index in [1.165, 1.54) is 0 Å². The minimum absolute atomic E-state index is 0.0631. The van der Waals surface area contributed by atoms with Crippen molar-refractivity contribution in [3.8, 4) is 0 Å². The van der Waals surface area contributed by atoms with Crippen LogP contribution in [0.4, 0.5) is 5.95 Å². The molecular formula is C16H24N6O2. The van der Waals surface area contributed by atoms with Gasteiger partial charge in [0.05, 0.1) is 6.54 Å². The third-order valence-electron chi connectivity index (χ3n) is 4.45. The summed E-state index contributed by atoms with van der Waals surface area (Å²) in [6, 6.07) is 1.41. The summed E-state index contributed by atoms with van der Waals surface area (Å²) >= 11 is 0. The van der Waals surface area contributed by atoms with Crippen molar-refractivity contribution >= 4 is 17.8 Å². The van der Waals surface area contributed by atoms with E-state index in [0.717, 1.165) is 51.4 Å². The smallest absolute Gasteiger partial charge is 0.242 e. The van der Waals surface area contributed by atoms with Crippen LogP contribution in [0.25, 0.3) is 0 Å². The predicted octanol–water partition coefficient (Wildman–Crippen LogP) is -0.616. The topological polar surface area (TPSA) is 90.5 Å². The molecule has 2 aliphatic heterocycles. The summed E-state index contributed by atoms with van der Waals surface area (Å²) in [5.74, 6) is 0.588. The van der Waals surface area contributed by atoms with E-state index >= 15 is 0 Å². The summed E-state index contributed by atoms with van der Waals surface area (Å²) in [6.45, 7) is 4.18. The fraction of sp³-hybridized carbons (Fsp3) is 0.625. The quantitative estimate of drug-likeness (QED) is 0.764. The molecule has 2 amide bonds. The molecule has 2 aliphatic rings. The lowest BCUT2D eigenvalue weighted by molar-refractivity contribution is -0.129. The van der Waals surface area contributed by atoms with Crippen molar-refractivity contribution in [1.29, 1.82) is 0 Å². The van der Waals surface area contributed by atoms with E-state index in [-0.39, 0.29) is 17.9 Å². The van der Waals surface area contributed by atoms with E-state index in [2.05, 4.69) is 30.4 Å². The lowest BCUT2D eigenvalue weighted by Crippen LogP contribution is -2.52. The van der Waals surface area contributed by atoms with Gasteiger partial charge in [0.2, 0.25) is 17.8 Å². The van der Waals surface area contributed by atoms with Gasteiger partial charge < -0.3 is 15.5 Å². The van der Waals surface area contributed by atoms with Gasteiger partial charge in [-0.1, -0.05) is 0 Å². The average Bonchev–Trinajstić information content (AvgIpc) is 2.81. The van der Waals surface area contributed by atoms with E-state index in [1.54, 1.807) is 18.5 Å². The van der Waals surface area contributed by atoms with E-state index in [0.29, 0.717) is 13.1 Å². The van der Waals surface area contributed by atoms with Gasteiger partial charge in [-0.15, -0.1) is 0 Å². The molecule has 8 heteroatoms. The zero-order valence-electron chi connectivity index (χ0n) is 13.8. The summed E-state index contributed by atoms with van der Waals surface area (Å²) in [4.78, 5) is 36.8. The van der Waals surface area contributed by atoms with Crippen molar-refractivity contribution in [2.45, 2.75) is 25.3 Å². The second-order valence-corrected chi connectivity index (χ2v) is 6.22. The number of carbonyl (C=O) groups is 2. The molecule has 0 spiro atoms. The molecule has 0 aliphatic carbocycles. The summed E-state index contributed by atoms with van der Waals surface area (Å²) in [5.41, 5.74) is 0. The first-order valence-electron chi connectivity index (χ1n) is 8.54. The number of aromatic nitrogens is 2. The largest absolute Gasteiger partial charge is 0.354 e. The van der Waals surface area contributed by atoms with E-state index < -0.39 is 0 Å². The van der Waals surface area contributed by atoms with Crippen molar-refractivity contribution in [3.05, 3.63) is 18.5 Å². The average molecular weight is 332 g/mol. The van der Waals surface area contributed by atoms with Gasteiger partial charge in [-0.05, 0) is 25.3 Å². The molecule has 24 heavy (non-hydrogen) atoms. The van der Waals surface area contributed by atoms with Crippen LogP contribution in [0.1, 0.15) is 19.3 Å². The standard InChI is InChI=1S/C16H24N6O2/c23-14(20-13-4-1-2-5-17-15(13)24)12-21-8-10-22(11-9-21)16-18-6-3-7-19-16/h3,6-7,13H,1-2,4-5,8-12H2,(H,17,24)(H,20,23). The van der Waals surface area contributed by atoms with E-state index in [4.69, 9.17) is 0 Å². The van der Waals surface area contributed by atoms with Crippen LogP contribution in [-0.4, -0.2) is 72.0 Å². The van der Waals surface area contributed by atoms with Crippen molar-refractivity contribution in [2.24, 2.45) is 0 Å². The Bertz CT molecular complexity index is 559. The van der Waals surface area contributed by atoms with Crippen LogP contribution in [0.3, 0.4) is 0 Å². The summed E-state index contributed by atoms with van der Waals surface area (Å²) < 4.78 is 0. The highest BCUT2D eigenvalue weighted by atomic mass is 16.2. The van der Waals surface area contributed by atoms with Gasteiger partial charge in [-0.25, -0.2) is 9.97 Å². The van der Waals surface area contributed by atoms with E-state index in [9.17, 15) is 9.59 Å². The number of amides is 2. The molecular weight excluding hydrogens is 308 g/mol. The minimum atomic E-state index is -0.390. The number of hydrogen-bond acceptors (Lipinski definition) is 6. The SMILES string of the molecule is O=C(CN1CCN(c2ncccn2)CC1)NC1CCCCNC1=O. The lowest BCUT2D eigenvalue weighted by atomic mass is 10.1. The maximum Gasteiger partial charge on any atom is 0.242 e. The number of piperazine rings is 1. The Morgan fingerprint density at radius 2 is 1.96 bits per heavy atom. The molecule has 1 aromatic rings. The Labute approximate surface area is 141 Å². The van der Waals surface area contributed by atoms with Gasteiger partial charge >= 0.3 is 0 Å². The summed E-state index contributed by atoms with van der Waals surface area (Å²) in [5, 5.41) is 5.71. The predicted molar refractivity (Wildman–Crippen MR) is 89.5 cm³/mol. The van der Waals surface area contributed by atoms with Crippen molar-refractivity contribution in [2.75, 3.05) is 44.2 Å². The van der Waals surface area contributed by atoms with Crippen LogP contribution < -0.4 is 15.5 Å². The van der Waals surface area contributed by atoms with Gasteiger partial charge in [-0.2, -0.15) is 0 Å². The van der Waals surface area contributed by atoms with Gasteiger partial charge in [0.15, 0.2) is 0 Å². The molecule has 8 nitrogen and oxygen atoms in total. The Morgan fingerprint density at radius 3 is 2.71 bits per heavy atom. The first-order chi connectivity index (χ1) is 11.7. The second-order valence-electron chi connectivity index (χ2n) is 6.22. The Morgan fingerprint density at radius 1 is 1.21 bits per heavy atom. The van der Waals surface area contributed by atoms with Crippen LogP contribution in [0.15, 0.2) is 18.5 Å². The molecule has 1 aromatic heterocycles. The fourth-order valence-corrected chi connectivity index (χ4v) is 3.08. The highest BCUT2D eigenvalue weighted by molar-refractivity contribution is 5.88. The Balaban J connectivity index is 1.44. The van der Waals surface area contributed by atoms with Gasteiger partial charge in [0, 0.05) is 45.1 Å². The number of anilines is 1. The number of carbonyl (C=O) groups excluding carboxylic acids is 2. The first kappa shape index (κ1) is 16.6. The molecule has 2 fully saturated rings. The molecule has 130 valence electrons. The lowest BCUT2D eigenvalue weighted by Gasteiger charge is -2.34. The second kappa shape index (κ2) is 8.05. The zero-order chi connectivity index (χ0) is 16.8. The highest BCUT2D eigenvalue weighted by Gasteiger charge is 2.25. The number of nitrogens with zero attached hydrogens (tertiary/aromatic N) is 4. The van der Waals surface area contributed by atoms with Gasteiger partial charge in [-0.3, -0.25) is 14.5 Å². The van der Waals surface area contributed by atoms with Gasteiger partial charge in [0.1, 0.15) is 6.04 Å². The molecule has 1 atom stereocenters. The third-order valence-corrected chi connectivity index (χ3v) is 4.45. The maximum atomic E-state index is 12.2. The number of rotatable bonds is 4. The molecule has 3 heterocycles. The van der Waals surface area contributed by atoms with Crippen LogP contribution in [0.5, 0.6) is 0 Å². The molecule has 0 bridgehead atoms. The Kier molecular flexibility index (Phi) is 5.58. The maximum absolute atomic E-state index is 12.2. The van der Waals surface area contributed by atoms with Crippen molar-refractivity contribution in [3.63, 3.8) is 0 Å². The molecule has 0 radical (unpaired) electrons. The van der Waals surface area contributed by atoms with Crippen LogP contribution in [0.2, 0.25) is 0 Å². The molecule has 3 rings (SSSR count). The molecule has 2 saturated heterocycles. The van der Waals surface area contributed by atoms with Crippen molar-refractivity contribution < 1.29 is 9.59 Å². The first-order valence-corrected chi connectivity index (χ1v) is 8.54. The highest BCUT2D eigenvalue weighted by Crippen LogP contribution is 2.10. The Hall–Kier alpha value is -2.22. The molecule has 0 aromatic carbocycles. The normalized spacial score (nSPS) is 22.6. The molecule has 2 N–H and O–H groups in total. The number of nitrogens with one attached hydrogen (secondary N) is 2. The zero-order valence-corrected chi connectivity index (χ0v) is 13.8. The van der Waals surface area contributed by atoms with Crippen LogP contribution >= 0.6 is 0 Å². The monoisotopic (exact) mass is 332 g/mol. The summed E-state index contributed by atoms with van der Waals surface area (Å²) in [6.07, 6.45) is 6.12. The minimum Gasteiger partial charge on any atom is -0.354 e. The van der Waals surface area contributed by atoms with E-state index in [1.807, 2.05) is 0 Å².